The van der Waals surface area contributed by atoms with Crippen LogP contribution in [0, 0.1) is 5.82 Å². The molecule has 0 unspecified atom stereocenters. The van der Waals surface area contributed by atoms with E-state index < -0.39 is 0 Å². The zero-order valence-electron chi connectivity index (χ0n) is 11.3. The first-order valence-corrected chi connectivity index (χ1v) is 7.01. The summed E-state index contributed by atoms with van der Waals surface area (Å²) in [5.41, 5.74) is 2.67. The second kappa shape index (κ2) is 5.90. The molecule has 0 saturated carbocycles. The summed E-state index contributed by atoms with van der Waals surface area (Å²) < 4.78 is 14.1. The largest absolute Gasteiger partial charge is 0.377 e. The molecule has 0 aliphatic carbocycles. The van der Waals surface area contributed by atoms with Crippen LogP contribution in [0.5, 0.6) is 0 Å². The predicted molar refractivity (Wildman–Crippen MR) is 79.4 cm³/mol. The van der Waals surface area contributed by atoms with Gasteiger partial charge in [0, 0.05) is 32.0 Å². The highest BCUT2D eigenvalue weighted by atomic mass is 19.1. The third-order valence-corrected chi connectivity index (χ3v) is 3.66. The Morgan fingerprint density at radius 1 is 1.10 bits per heavy atom. The van der Waals surface area contributed by atoms with Crippen LogP contribution in [-0.2, 0) is 6.54 Å². The fourth-order valence-corrected chi connectivity index (χ4v) is 2.60. The Bertz CT molecular complexity index is 565. The van der Waals surface area contributed by atoms with Gasteiger partial charge in [0.25, 0.3) is 0 Å². The van der Waals surface area contributed by atoms with E-state index in [0.717, 1.165) is 24.3 Å². The molecular weight excluding hydrogens is 253 g/mol. The van der Waals surface area contributed by atoms with Crippen molar-refractivity contribution in [2.45, 2.75) is 19.4 Å². The van der Waals surface area contributed by atoms with Crippen LogP contribution in [0.15, 0.2) is 42.7 Å². The minimum absolute atomic E-state index is 0.191. The van der Waals surface area contributed by atoms with Crippen molar-refractivity contribution in [3.63, 3.8) is 0 Å². The van der Waals surface area contributed by atoms with Crippen molar-refractivity contribution in [2.24, 2.45) is 0 Å². The summed E-state index contributed by atoms with van der Waals surface area (Å²) in [7, 11) is 0. The molecule has 1 aliphatic heterocycles. The fraction of sp³-hybridized carbons (Fsp3) is 0.312. The van der Waals surface area contributed by atoms with Gasteiger partial charge in [-0.3, -0.25) is 4.98 Å². The molecule has 1 aliphatic rings. The van der Waals surface area contributed by atoms with Crippen LogP contribution in [0.2, 0.25) is 0 Å². The summed E-state index contributed by atoms with van der Waals surface area (Å²) in [4.78, 5) is 6.24. The molecule has 104 valence electrons. The predicted octanol–water partition coefficient (Wildman–Crippen LogP) is 3.43. The van der Waals surface area contributed by atoms with Gasteiger partial charge in [-0.2, -0.15) is 0 Å². The van der Waals surface area contributed by atoms with Crippen molar-refractivity contribution < 1.29 is 4.39 Å². The molecule has 2 heterocycles. The van der Waals surface area contributed by atoms with Gasteiger partial charge in [-0.15, -0.1) is 0 Å². The van der Waals surface area contributed by atoms with Crippen LogP contribution in [0.25, 0.3) is 0 Å². The molecule has 0 spiro atoms. The van der Waals surface area contributed by atoms with Gasteiger partial charge in [-0.1, -0.05) is 6.07 Å². The van der Waals surface area contributed by atoms with Gasteiger partial charge < -0.3 is 10.2 Å². The molecule has 1 saturated heterocycles. The Kier molecular flexibility index (Phi) is 3.81. The zero-order chi connectivity index (χ0) is 13.8. The molecule has 4 heteroatoms. The van der Waals surface area contributed by atoms with Crippen LogP contribution in [0.4, 0.5) is 15.8 Å². The van der Waals surface area contributed by atoms with E-state index in [-0.39, 0.29) is 5.82 Å². The minimum atomic E-state index is -0.191. The summed E-state index contributed by atoms with van der Waals surface area (Å²) in [6.07, 6.45) is 5.86. The Morgan fingerprint density at radius 2 is 1.85 bits per heavy atom. The number of hydrogen-bond donors (Lipinski definition) is 1. The molecule has 0 bridgehead atoms. The van der Waals surface area contributed by atoms with Gasteiger partial charge in [0.2, 0.25) is 0 Å². The quantitative estimate of drug-likeness (QED) is 0.923. The number of pyridine rings is 1. The molecule has 1 fully saturated rings. The van der Waals surface area contributed by atoms with Gasteiger partial charge >= 0.3 is 0 Å². The normalized spacial score (nSPS) is 14.6. The van der Waals surface area contributed by atoms with Gasteiger partial charge in [0.15, 0.2) is 0 Å². The van der Waals surface area contributed by atoms with E-state index in [4.69, 9.17) is 0 Å². The van der Waals surface area contributed by atoms with E-state index in [0.29, 0.717) is 12.2 Å². The molecule has 3 nitrogen and oxygen atoms in total. The average Bonchev–Trinajstić information content (AvgIpc) is 3.01. The van der Waals surface area contributed by atoms with Gasteiger partial charge in [-0.05, 0) is 42.7 Å². The SMILES string of the molecule is Fc1cccc(N2CCCC2)c1NCc1ccncc1. The molecular formula is C16H18FN3. The number of rotatable bonds is 4. The smallest absolute Gasteiger partial charge is 0.148 e. The first-order valence-electron chi connectivity index (χ1n) is 7.01. The van der Waals surface area contributed by atoms with Crippen molar-refractivity contribution in [1.29, 1.82) is 0 Å². The second-order valence-corrected chi connectivity index (χ2v) is 5.04. The molecule has 0 atom stereocenters. The standard InChI is InChI=1S/C16H18FN3/c17-14-4-3-5-15(20-10-1-2-11-20)16(14)19-12-13-6-8-18-9-7-13/h3-9,19H,1-2,10-12H2. The minimum Gasteiger partial charge on any atom is -0.377 e. The molecule has 3 rings (SSSR count). The maximum absolute atomic E-state index is 14.1. The zero-order valence-corrected chi connectivity index (χ0v) is 11.3. The lowest BCUT2D eigenvalue weighted by molar-refractivity contribution is 0.629. The highest BCUT2D eigenvalue weighted by Crippen LogP contribution is 2.31. The van der Waals surface area contributed by atoms with Gasteiger partial charge in [0.05, 0.1) is 11.4 Å². The maximum atomic E-state index is 14.1. The van der Waals surface area contributed by atoms with Gasteiger partial charge in [0.1, 0.15) is 5.82 Å². The Hall–Kier alpha value is -2.10. The number of benzene rings is 1. The highest BCUT2D eigenvalue weighted by Gasteiger charge is 2.17. The lowest BCUT2D eigenvalue weighted by Crippen LogP contribution is -2.20. The average molecular weight is 271 g/mol. The number of halogens is 1. The summed E-state index contributed by atoms with van der Waals surface area (Å²) in [5, 5.41) is 3.23. The summed E-state index contributed by atoms with van der Waals surface area (Å²) in [6.45, 7) is 2.62. The number of nitrogens with one attached hydrogen (secondary N) is 1. The molecule has 0 radical (unpaired) electrons. The van der Waals surface area contributed by atoms with E-state index in [1.54, 1.807) is 18.5 Å². The van der Waals surface area contributed by atoms with Crippen LogP contribution >= 0.6 is 0 Å². The summed E-state index contributed by atoms with van der Waals surface area (Å²) in [6, 6.07) is 9.14. The second-order valence-electron chi connectivity index (χ2n) is 5.04. The maximum Gasteiger partial charge on any atom is 0.148 e. The van der Waals surface area contributed by atoms with E-state index in [1.807, 2.05) is 18.2 Å². The van der Waals surface area contributed by atoms with E-state index in [9.17, 15) is 4.39 Å². The lowest BCUT2D eigenvalue weighted by Gasteiger charge is -2.22. The highest BCUT2D eigenvalue weighted by molar-refractivity contribution is 5.71. The van der Waals surface area contributed by atoms with Crippen molar-refractivity contribution in [3.05, 3.63) is 54.1 Å². The fourth-order valence-electron chi connectivity index (χ4n) is 2.60. The Morgan fingerprint density at radius 3 is 2.60 bits per heavy atom. The van der Waals surface area contributed by atoms with Crippen LogP contribution in [-0.4, -0.2) is 18.1 Å². The lowest BCUT2D eigenvalue weighted by atomic mass is 10.2. The number of para-hydroxylation sites is 1. The summed E-state index contributed by atoms with van der Waals surface area (Å²) in [5.74, 6) is -0.191. The van der Waals surface area contributed by atoms with Gasteiger partial charge in [-0.25, -0.2) is 4.39 Å². The van der Waals surface area contributed by atoms with Crippen LogP contribution in [0.1, 0.15) is 18.4 Å². The topological polar surface area (TPSA) is 28.2 Å². The first-order chi connectivity index (χ1) is 9.84. The Labute approximate surface area is 118 Å². The van der Waals surface area contributed by atoms with E-state index in [2.05, 4.69) is 15.2 Å². The molecule has 20 heavy (non-hydrogen) atoms. The molecule has 1 aromatic heterocycles. The van der Waals surface area contributed by atoms with E-state index in [1.165, 1.54) is 18.9 Å². The van der Waals surface area contributed by atoms with E-state index >= 15 is 0 Å². The number of anilines is 2. The number of hydrogen-bond acceptors (Lipinski definition) is 3. The van der Waals surface area contributed by atoms with Crippen molar-refractivity contribution in [3.8, 4) is 0 Å². The monoisotopic (exact) mass is 271 g/mol. The third-order valence-electron chi connectivity index (χ3n) is 3.66. The molecule has 2 aromatic rings. The van der Waals surface area contributed by atoms with Crippen LogP contribution < -0.4 is 10.2 Å². The third kappa shape index (κ3) is 2.74. The van der Waals surface area contributed by atoms with Crippen molar-refractivity contribution >= 4 is 11.4 Å². The first kappa shape index (κ1) is 12.9. The van der Waals surface area contributed by atoms with Crippen molar-refractivity contribution in [2.75, 3.05) is 23.3 Å². The molecule has 1 N–H and O–H groups in total. The Balaban J connectivity index is 1.81. The van der Waals surface area contributed by atoms with Crippen molar-refractivity contribution in [1.82, 2.24) is 4.98 Å². The number of aromatic nitrogens is 1. The summed E-state index contributed by atoms with van der Waals surface area (Å²) >= 11 is 0. The molecule has 0 amide bonds. The van der Waals surface area contributed by atoms with Crippen LogP contribution in [0.3, 0.4) is 0 Å². The number of nitrogens with zero attached hydrogens (tertiary/aromatic N) is 2. The molecule has 1 aromatic carbocycles.